The van der Waals surface area contributed by atoms with E-state index in [1.807, 2.05) is 11.9 Å². The standard InChI is InChI=1S/C11H22N2O/c1-8(2)7-13(4)11(14)10-5-6-12-9(10)3/h8-10,12H,5-7H2,1-4H3. The van der Waals surface area contributed by atoms with Crippen molar-refractivity contribution in [2.45, 2.75) is 33.2 Å². The van der Waals surface area contributed by atoms with Gasteiger partial charge in [-0.25, -0.2) is 0 Å². The van der Waals surface area contributed by atoms with Gasteiger partial charge < -0.3 is 10.2 Å². The summed E-state index contributed by atoms with van der Waals surface area (Å²) in [6.45, 7) is 8.22. The van der Waals surface area contributed by atoms with Crippen molar-refractivity contribution in [3.63, 3.8) is 0 Å². The zero-order chi connectivity index (χ0) is 10.7. The second kappa shape index (κ2) is 4.78. The smallest absolute Gasteiger partial charge is 0.227 e. The lowest BCUT2D eigenvalue weighted by atomic mass is 10.00. The highest BCUT2D eigenvalue weighted by Gasteiger charge is 2.31. The molecule has 0 aromatic rings. The first kappa shape index (κ1) is 11.5. The van der Waals surface area contributed by atoms with Gasteiger partial charge >= 0.3 is 0 Å². The minimum atomic E-state index is 0.193. The van der Waals surface area contributed by atoms with E-state index in [4.69, 9.17) is 0 Å². The molecule has 14 heavy (non-hydrogen) atoms. The largest absolute Gasteiger partial charge is 0.345 e. The summed E-state index contributed by atoms with van der Waals surface area (Å²) in [5.41, 5.74) is 0. The van der Waals surface area contributed by atoms with E-state index >= 15 is 0 Å². The monoisotopic (exact) mass is 198 g/mol. The number of hydrogen-bond donors (Lipinski definition) is 1. The van der Waals surface area contributed by atoms with E-state index < -0.39 is 0 Å². The Balaban J connectivity index is 2.47. The Bertz CT molecular complexity index is 203. The fourth-order valence-electron chi connectivity index (χ4n) is 2.12. The second-order valence-corrected chi connectivity index (χ2v) is 4.75. The second-order valence-electron chi connectivity index (χ2n) is 4.75. The van der Waals surface area contributed by atoms with Crippen molar-refractivity contribution in [1.29, 1.82) is 0 Å². The van der Waals surface area contributed by atoms with Crippen LogP contribution in [0.5, 0.6) is 0 Å². The van der Waals surface area contributed by atoms with Crippen molar-refractivity contribution in [2.75, 3.05) is 20.1 Å². The number of hydrogen-bond acceptors (Lipinski definition) is 2. The molecule has 0 radical (unpaired) electrons. The lowest BCUT2D eigenvalue weighted by Gasteiger charge is -2.24. The Morgan fingerprint density at radius 2 is 2.21 bits per heavy atom. The molecule has 1 fully saturated rings. The fourth-order valence-corrected chi connectivity index (χ4v) is 2.12. The molecule has 1 heterocycles. The average Bonchev–Trinajstić information content (AvgIpc) is 2.48. The molecule has 3 heteroatoms. The van der Waals surface area contributed by atoms with Gasteiger partial charge in [0.05, 0.1) is 5.92 Å². The first-order valence-corrected chi connectivity index (χ1v) is 5.50. The van der Waals surface area contributed by atoms with E-state index in [1.54, 1.807) is 0 Å². The normalized spacial score (nSPS) is 26.9. The Morgan fingerprint density at radius 1 is 1.57 bits per heavy atom. The van der Waals surface area contributed by atoms with Crippen molar-refractivity contribution in [1.82, 2.24) is 10.2 Å². The topological polar surface area (TPSA) is 32.3 Å². The highest BCUT2D eigenvalue weighted by molar-refractivity contribution is 5.79. The van der Waals surface area contributed by atoms with Gasteiger partial charge in [0, 0.05) is 19.6 Å². The summed E-state index contributed by atoms with van der Waals surface area (Å²) in [6, 6.07) is 0.345. The number of nitrogens with one attached hydrogen (secondary N) is 1. The van der Waals surface area contributed by atoms with Crippen LogP contribution in [-0.2, 0) is 4.79 Å². The molecule has 82 valence electrons. The fraction of sp³-hybridized carbons (Fsp3) is 0.909. The highest BCUT2D eigenvalue weighted by Crippen LogP contribution is 2.17. The van der Waals surface area contributed by atoms with Crippen molar-refractivity contribution < 1.29 is 4.79 Å². The van der Waals surface area contributed by atoms with E-state index in [0.717, 1.165) is 19.5 Å². The molecule has 2 unspecified atom stereocenters. The molecule has 1 rings (SSSR count). The van der Waals surface area contributed by atoms with Gasteiger partial charge in [-0.1, -0.05) is 13.8 Å². The van der Waals surface area contributed by atoms with Gasteiger partial charge in [0.1, 0.15) is 0 Å². The first-order valence-electron chi connectivity index (χ1n) is 5.50. The number of carbonyl (C=O) groups excluding carboxylic acids is 1. The molecule has 0 aromatic heterocycles. The Labute approximate surface area is 86.9 Å². The van der Waals surface area contributed by atoms with E-state index in [2.05, 4.69) is 26.1 Å². The average molecular weight is 198 g/mol. The van der Waals surface area contributed by atoms with Gasteiger partial charge in [-0.05, 0) is 25.8 Å². The quantitative estimate of drug-likeness (QED) is 0.736. The Morgan fingerprint density at radius 3 is 2.64 bits per heavy atom. The Kier molecular flexibility index (Phi) is 3.93. The third-order valence-electron chi connectivity index (χ3n) is 2.86. The van der Waals surface area contributed by atoms with Gasteiger partial charge in [0.2, 0.25) is 5.91 Å². The minimum Gasteiger partial charge on any atom is -0.345 e. The van der Waals surface area contributed by atoms with Gasteiger partial charge in [-0.3, -0.25) is 4.79 Å². The van der Waals surface area contributed by atoms with Crippen molar-refractivity contribution >= 4 is 5.91 Å². The van der Waals surface area contributed by atoms with E-state index in [-0.39, 0.29) is 5.92 Å². The van der Waals surface area contributed by atoms with Crippen LogP contribution >= 0.6 is 0 Å². The van der Waals surface area contributed by atoms with Gasteiger partial charge in [-0.2, -0.15) is 0 Å². The summed E-state index contributed by atoms with van der Waals surface area (Å²) in [6.07, 6.45) is 0.989. The molecule has 3 nitrogen and oxygen atoms in total. The van der Waals surface area contributed by atoms with Crippen LogP contribution in [0.15, 0.2) is 0 Å². The van der Waals surface area contributed by atoms with Crippen LogP contribution in [-0.4, -0.2) is 37.0 Å². The van der Waals surface area contributed by atoms with Gasteiger partial charge in [0.15, 0.2) is 0 Å². The summed E-state index contributed by atoms with van der Waals surface area (Å²) in [4.78, 5) is 13.9. The summed E-state index contributed by atoms with van der Waals surface area (Å²) in [5.74, 6) is 1.04. The molecule has 1 aliphatic heterocycles. The van der Waals surface area contributed by atoms with Crippen LogP contribution in [0.2, 0.25) is 0 Å². The minimum absolute atomic E-state index is 0.193. The summed E-state index contributed by atoms with van der Waals surface area (Å²) < 4.78 is 0. The van der Waals surface area contributed by atoms with E-state index in [9.17, 15) is 4.79 Å². The maximum absolute atomic E-state index is 12.0. The maximum atomic E-state index is 12.0. The molecule has 0 bridgehead atoms. The molecular formula is C11H22N2O. The predicted octanol–water partition coefficient (Wildman–Crippen LogP) is 1.10. The third-order valence-corrected chi connectivity index (χ3v) is 2.86. The third kappa shape index (κ3) is 2.71. The maximum Gasteiger partial charge on any atom is 0.227 e. The zero-order valence-corrected chi connectivity index (χ0v) is 9.71. The molecule has 0 aromatic carbocycles. The van der Waals surface area contributed by atoms with Gasteiger partial charge in [0.25, 0.3) is 0 Å². The van der Waals surface area contributed by atoms with Crippen molar-refractivity contribution in [2.24, 2.45) is 11.8 Å². The molecule has 2 atom stereocenters. The number of amides is 1. The molecule has 1 N–H and O–H groups in total. The summed E-state index contributed by atoms with van der Waals surface area (Å²) >= 11 is 0. The number of rotatable bonds is 3. The molecule has 0 saturated carbocycles. The lowest BCUT2D eigenvalue weighted by molar-refractivity contribution is -0.134. The molecule has 0 aliphatic carbocycles. The summed E-state index contributed by atoms with van der Waals surface area (Å²) in [5, 5.41) is 3.31. The van der Waals surface area contributed by atoms with Crippen LogP contribution in [0.4, 0.5) is 0 Å². The predicted molar refractivity (Wildman–Crippen MR) is 58.0 cm³/mol. The lowest BCUT2D eigenvalue weighted by Crippen LogP contribution is -2.39. The molecular weight excluding hydrogens is 176 g/mol. The molecule has 0 spiro atoms. The van der Waals surface area contributed by atoms with E-state index in [1.165, 1.54) is 0 Å². The van der Waals surface area contributed by atoms with Crippen LogP contribution < -0.4 is 5.32 Å². The zero-order valence-electron chi connectivity index (χ0n) is 9.71. The highest BCUT2D eigenvalue weighted by atomic mass is 16.2. The van der Waals surface area contributed by atoms with Crippen LogP contribution in [0.3, 0.4) is 0 Å². The van der Waals surface area contributed by atoms with Crippen molar-refractivity contribution in [3.8, 4) is 0 Å². The summed E-state index contributed by atoms with van der Waals surface area (Å²) in [7, 11) is 1.91. The number of nitrogens with zero attached hydrogens (tertiary/aromatic N) is 1. The molecule has 1 aliphatic rings. The van der Waals surface area contributed by atoms with Crippen LogP contribution in [0.1, 0.15) is 27.2 Å². The number of carbonyl (C=O) groups is 1. The van der Waals surface area contributed by atoms with E-state index in [0.29, 0.717) is 17.9 Å². The Hall–Kier alpha value is -0.570. The van der Waals surface area contributed by atoms with Crippen LogP contribution in [0, 0.1) is 11.8 Å². The molecule has 1 amide bonds. The van der Waals surface area contributed by atoms with Crippen LogP contribution in [0.25, 0.3) is 0 Å². The SMILES string of the molecule is CC(C)CN(C)C(=O)C1CCNC1C. The molecule has 1 saturated heterocycles. The first-order chi connectivity index (χ1) is 6.52. The van der Waals surface area contributed by atoms with Gasteiger partial charge in [-0.15, -0.1) is 0 Å². The van der Waals surface area contributed by atoms with Crippen molar-refractivity contribution in [3.05, 3.63) is 0 Å².